The van der Waals surface area contributed by atoms with Gasteiger partial charge in [-0.25, -0.2) is 9.97 Å². The molecule has 0 aliphatic heterocycles. The zero-order chi connectivity index (χ0) is 30.9. The summed E-state index contributed by atoms with van der Waals surface area (Å²) in [6.45, 7) is 9.79. The molecule has 43 heavy (non-hydrogen) atoms. The van der Waals surface area contributed by atoms with Crippen LogP contribution in [-0.4, -0.2) is 21.2 Å². The molecule has 6 aromatic rings. The Kier molecular flexibility index (Phi) is 12.9. The number of para-hydroxylation sites is 6. The van der Waals surface area contributed by atoms with Crippen LogP contribution in [0.5, 0.6) is 11.5 Å². The Balaban J connectivity index is 0.000000226. The maximum Gasteiger partial charge on any atom is 4.00 e. The summed E-state index contributed by atoms with van der Waals surface area (Å²) < 4.78 is 11.0. The summed E-state index contributed by atoms with van der Waals surface area (Å²) in [6.07, 6.45) is 0. The van der Waals surface area contributed by atoms with Crippen LogP contribution in [0.1, 0.15) is 41.5 Å². The SMILES string of the molecule is CC(C)(C)[O-].CC(C)(C)[O-].[Hf+4].[O-]c1ccccc1-c1nc2ccccc2o1.[O-]c1ccccc1-c1nc2ccccc2o1. The first-order chi connectivity index (χ1) is 19.7. The third-order valence-corrected chi connectivity index (χ3v) is 4.82. The van der Waals surface area contributed by atoms with E-state index in [1.807, 2.05) is 48.5 Å². The molecule has 2 heterocycles. The maximum atomic E-state index is 11.6. The molecule has 8 nitrogen and oxygen atoms in total. The van der Waals surface area contributed by atoms with E-state index in [1.54, 1.807) is 77.9 Å². The minimum atomic E-state index is -0.750. The van der Waals surface area contributed by atoms with Gasteiger partial charge in [-0.3, -0.25) is 0 Å². The van der Waals surface area contributed by atoms with Crippen molar-refractivity contribution in [3.05, 3.63) is 97.1 Å². The Hall–Kier alpha value is -3.79. The Labute approximate surface area is 270 Å². The van der Waals surface area contributed by atoms with E-state index in [0.29, 0.717) is 34.1 Å². The minimum Gasteiger partial charge on any atom is -0.872 e. The normalized spacial score (nSPS) is 10.8. The van der Waals surface area contributed by atoms with Gasteiger partial charge in [-0.15, -0.1) is 11.2 Å². The summed E-state index contributed by atoms with van der Waals surface area (Å²) in [6, 6.07) is 28.3. The summed E-state index contributed by atoms with van der Waals surface area (Å²) in [5.41, 5.74) is 2.42. The molecular formula is C34H34HfN2O6. The third kappa shape index (κ3) is 12.2. The van der Waals surface area contributed by atoms with Crippen molar-refractivity contribution in [2.45, 2.75) is 52.7 Å². The van der Waals surface area contributed by atoms with E-state index >= 15 is 0 Å². The number of rotatable bonds is 2. The second kappa shape index (κ2) is 15.6. The predicted molar refractivity (Wildman–Crippen MR) is 157 cm³/mol. The van der Waals surface area contributed by atoms with Gasteiger partial charge in [0.15, 0.2) is 11.2 Å². The molecule has 0 amide bonds. The second-order valence-corrected chi connectivity index (χ2v) is 11.2. The molecule has 0 aliphatic carbocycles. The van der Waals surface area contributed by atoms with Gasteiger partial charge in [0.25, 0.3) is 0 Å². The van der Waals surface area contributed by atoms with Crippen LogP contribution in [-0.2, 0) is 25.8 Å². The first-order valence-electron chi connectivity index (χ1n) is 13.3. The zero-order valence-corrected chi connectivity index (χ0v) is 28.7. The Morgan fingerprint density at radius 1 is 0.488 bits per heavy atom. The fraction of sp³-hybridized carbons (Fsp3) is 0.235. The average molecular weight is 745 g/mol. The van der Waals surface area contributed by atoms with Gasteiger partial charge < -0.3 is 29.3 Å². The van der Waals surface area contributed by atoms with Crippen molar-refractivity contribution in [2.75, 3.05) is 0 Å². The second-order valence-electron chi connectivity index (χ2n) is 11.2. The van der Waals surface area contributed by atoms with Crippen molar-refractivity contribution < 1.29 is 55.1 Å². The van der Waals surface area contributed by atoms with E-state index in [2.05, 4.69) is 9.97 Å². The van der Waals surface area contributed by atoms with Crippen LogP contribution in [0.15, 0.2) is 106 Å². The topological polar surface area (TPSA) is 144 Å². The molecule has 0 aliphatic rings. The van der Waals surface area contributed by atoms with Crippen molar-refractivity contribution >= 4 is 22.2 Å². The van der Waals surface area contributed by atoms with E-state index in [1.165, 1.54) is 12.1 Å². The van der Waals surface area contributed by atoms with Gasteiger partial charge in [-0.1, -0.05) is 126 Å². The summed E-state index contributed by atoms with van der Waals surface area (Å²) in [5.74, 6) is 0.613. The van der Waals surface area contributed by atoms with Gasteiger partial charge in [0.1, 0.15) is 11.0 Å². The first kappa shape index (κ1) is 35.4. The van der Waals surface area contributed by atoms with E-state index in [-0.39, 0.29) is 37.3 Å². The van der Waals surface area contributed by atoms with Gasteiger partial charge in [0, 0.05) is 11.1 Å². The number of hydrogen-bond donors (Lipinski definition) is 0. The number of hydrogen-bond acceptors (Lipinski definition) is 8. The van der Waals surface area contributed by atoms with E-state index in [4.69, 9.17) is 8.83 Å². The van der Waals surface area contributed by atoms with Gasteiger partial charge in [0.2, 0.25) is 11.8 Å². The Morgan fingerprint density at radius 3 is 1.07 bits per heavy atom. The van der Waals surface area contributed by atoms with Crippen molar-refractivity contribution in [1.29, 1.82) is 0 Å². The molecular weight excluding hydrogens is 711 g/mol. The van der Waals surface area contributed by atoms with E-state index in [9.17, 15) is 20.4 Å². The first-order valence-corrected chi connectivity index (χ1v) is 13.3. The van der Waals surface area contributed by atoms with Gasteiger partial charge in [0.05, 0.1) is 0 Å². The standard InChI is InChI=1S/2C13H9NO2.2C4H9O.Hf/c2*15-11-7-3-1-5-9(11)13-14-10-6-2-4-8-12(10)16-13;2*1-4(2,3)5;/h2*1-8,15H;2*1-3H3;/q;;2*-1;+4/p-2. The summed E-state index contributed by atoms with van der Waals surface area (Å²) in [5, 5.41) is 43.4. The maximum absolute atomic E-state index is 11.6. The van der Waals surface area contributed by atoms with Crippen LogP contribution in [0.3, 0.4) is 0 Å². The number of aromatic nitrogens is 2. The summed E-state index contributed by atoms with van der Waals surface area (Å²) >= 11 is 0. The van der Waals surface area contributed by atoms with Crippen LogP contribution in [0, 0.1) is 0 Å². The molecule has 0 spiro atoms. The van der Waals surface area contributed by atoms with Crippen molar-refractivity contribution in [2.24, 2.45) is 0 Å². The molecule has 220 valence electrons. The molecule has 0 fully saturated rings. The molecule has 0 saturated carbocycles. The van der Waals surface area contributed by atoms with Crippen molar-refractivity contribution in [1.82, 2.24) is 9.97 Å². The zero-order valence-electron chi connectivity index (χ0n) is 25.1. The molecule has 0 bridgehead atoms. The van der Waals surface area contributed by atoms with Crippen LogP contribution in [0.25, 0.3) is 45.1 Å². The fourth-order valence-electron chi connectivity index (χ4n) is 3.26. The molecule has 6 rings (SSSR count). The van der Waals surface area contributed by atoms with Crippen LogP contribution in [0.2, 0.25) is 0 Å². The van der Waals surface area contributed by atoms with Crippen LogP contribution >= 0.6 is 0 Å². The van der Waals surface area contributed by atoms with E-state index < -0.39 is 11.2 Å². The molecule has 4 aromatic carbocycles. The van der Waals surface area contributed by atoms with Crippen LogP contribution < -0.4 is 20.4 Å². The van der Waals surface area contributed by atoms with E-state index in [0.717, 1.165) is 11.0 Å². The molecule has 9 heteroatoms. The minimum absolute atomic E-state index is 0. The molecule has 0 radical (unpaired) electrons. The third-order valence-electron chi connectivity index (χ3n) is 4.82. The van der Waals surface area contributed by atoms with Gasteiger partial charge >= 0.3 is 25.8 Å². The number of benzene rings is 4. The van der Waals surface area contributed by atoms with Crippen LogP contribution in [0.4, 0.5) is 0 Å². The number of nitrogens with zero attached hydrogens (tertiary/aromatic N) is 2. The fourth-order valence-corrected chi connectivity index (χ4v) is 3.26. The van der Waals surface area contributed by atoms with Crippen molar-refractivity contribution in [3.8, 4) is 34.4 Å². The molecule has 0 N–H and O–H groups in total. The molecule has 0 atom stereocenters. The van der Waals surface area contributed by atoms with Gasteiger partial charge in [-0.05, 0) is 24.3 Å². The monoisotopic (exact) mass is 746 g/mol. The van der Waals surface area contributed by atoms with Gasteiger partial charge in [-0.2, -0.15) is 0 Å². The smallest absolute Gasteiger partial charge is 0.872 e. The average Bonchev–Trinajstić information content (AvgIpc) is 3.52. The Morgan fingerprint density at radius 2 is 0.767 bits per heavy atom. The largest absolute Gasteiger partial charge is 4.00 e. The number of oxazole rings is 2. The molecule has 0 saturated heterocycles. The molecule has 0 unspecified atom stereocenters. The predicted octanol–water partition coefficient (Wildman–Crippen LogP) is 5.42. The Bertz CT molecular complexity index is 1510. The summed E-state index contributed by atoms with van der Waals surface area (Å²) in [4.78, 5) is 8.55. The van der Waals surface area contributed by atoms with Crippen molar-refractivity contribution in [3.63, 3.8) is 0 Å². The molecule has 2 aromatic heterocycles. The summed E-state index contributed by atoms with van der Waals surface area (Å²) in [7, 11) is 0. The quantitative estimate of drug-likeness (QED) is 0.214. The number of fused-ring (bicyclic) bond motifs is 2.